The molecule has 5 nitrogen and oxygen atoms in total. The van der Waals surface area contributed by atoms with Gasteiger partial charge in [0.1, 0.15) is 0 Å². The summed E-state index contributed by atoms with van der Waals surface area (Å²) < 4.78 is 1.83. The Kier molecular flexibility index (Phi) is 6.39. The van der Waals surface area contributed by atoms with E-state index in [1.54, 1.807) is 6.07 Å². The number of hydrogen-bond donors (Lipinski definition) is 1. The van der Waals surface area contributed by atoms with Crippen LogP contribution < -0.4 is 5.32 Å². The van der Waals surface area contributed by atoms with Gasteiger partial charge in [0.2, 0.25) is 5.91 Å². The Morgan fingerprint density at radius 2 is 1.82 bits per heavy atom. The summed E-state index contributed by atoms with van der Waals surface area (Å²) in [6.07, 6.45) is 0. The van der Waals surface area contributed by atoms with Gasteiger partial charge in [0.25, 0.3) is 0 Å². The summed E-state index contributed by atoms with van der Waals surface area (Å²) in [5.74, 6) is -0.112. The Balaban J connectivity index is 1.68. The molecule has 1 heterocycles. The number of carbonyl (C=O) groups is 1. The molecule has 28 heavy (non-hydrogen) atoms. The summed E-state index contributed by atoms with van der Waals surface area (Å²) in [7, 11) is 1.86. The Labute approximate surface area is 174 Å². The van der Waals surface area contributed by atoms with Crippen LogP contribution in [0.25, 0.3) is 5.69 Å². The number of rotatable bonds is 6. The zero-order valence-electron chi connectivity index (χ0n) is 16.0. The highest BCUT2D eigenvalue weighted by Gasteiger charge is 2.16. The molecular formula is C21H22Cl2N4O. The largest absolute Gasteiger partial charge is 0.322 e. The van der Waals surface area contributed by atoms with Crippen molar-refractivity contribution in [3.05, 3.63) is 75.5 Å². The molecule has 0 saturated carbocycles. The maximum Gasteiger partial charge on any atom is 0.238 e. The molecule has 0 bridgehead atoms. The van der Waals surface area contributed by atoms with Crippen molar-refractivity contribution < 1.29 is 4.79 Å². The number of carbonyl (C=O) groups excluding carboxylic acids is 1. The Morgan fingerprint density at radius 3 is 2.54 bits per heavy atom. The van der Waals surface area contributed by atoms with E-state index >= 15 is 0 Å². The molecule has 0 saturated heterocycles. The van der Waals surface area contributed by atoms with Crippen LogP contribution in [-0.4, -0.2) is 34.2 Å². The number of hydrogen-bond acceptors (Lipinski definition) is 3. The van der Waals surface area contributed by atoms with Crippen molar-refractivity contribution in [3.63, 3.8) is 0 Å². The first-order valence-electron chi connectivity index (χ1n) is 8.89. The topological polar surface area (TPSA) is 50.2 Å². The molecule has 0 aliphatic carbocycles. The summed E-state index contributed by atoms with van der Waals surface area (Å²) in [5.41, 5.74) is 4.24. The number of aromatic nitrogens is 2. The second kappa shape index (κ2) is 8.78. The average molecular weight is 417 g/mol. The zero-order valence-corrected chi connectivity index (χ0v) is 17.6. The summed E-state index contributed by atoms with van der Waals surface area (Å²) in [4.78, 5) is 14.5. The first-order valence-corrected chi connectivity index (χ1v) is 9.65. The molecule has 0 aliphatic heterocycles. The molecule has 1 amide bonds. The molecule has 2 aromatic carbocycles. The van der Waals surface area contributed by atoms with Crippen LogP contribution in [0.5, 0.6) is 0 Å². The number of nitrogens with zero attached hydrogens (tertiary/aromatic N) is 3. The molecule has 0 radical (unpaired) electrons. The Morgan fingerprint density at radius 1 is 1.11 bits per heavy atom. The predicted molar refractivity (Wildman–Crippen MR) is 114 cm³/mol. The van der Waals surface area contributed by atoms with Crippen LogP contribution in [0.2, 0.25) is 10.0 Å². The van der Waals surface area contributed by atoms with Crippen molar-refractivity contribution in [1.82, 2.24) is 14.7 Å². The standard InChI is InChI=1S/C21H22Cl2N4O/c1-14-21(15(2)27(25-14)17-9-5-4-6-10-17)24-19(28)13-26(3)12-16-8-7-11-18(22)20(16)23/h4-11H,12-13H2,1-3H3,(H,24,28). The third-order valence-electron chi connectivity index (χ3n) is 4.44. The van der Waals surface area contributed by atoms with E-state index in [1.807, 2.05) is 72.9 Å². The maximum atomic E-state index is 12.6. The van der Waals surface area contributed by atoms with E-state index in [1.165, 1.54) is 0 Å². The van der Waals surface area contributed by atoms with E-state index in [9.17, 15) is 4.79 Å². The van der Waals surface area contributed by atoms with Gasteiger partial charge in [0, 0.05) is 6.54 Å². The molecule has 146 valence electrons. The lowest BCUT2D eigenvalue weighted by molar-refractivity contribution is -0.117. The zero-order chi connectivity index (χ0) is 20.3. The minimum Gasteiger partial charge on any atom is -0.322 e. The fourth-order valence-electron chi connectivity index (χ4n) is 3.09. The van der Waals surface area contributed by atoms with Gasteiger partial charge in [-0.05, 0) is 44.7 Å². The number of anilines is 1. The van der Waals surface area contributed by atoms with Crippen molar-refractivity contribution in [1.29, 1.82) is 0 Å². The van der Waals surface area contributed by atoms with E-state index < -0.39 is 0 Å². The number of nitrogens with one attached hydrogen (secondary N) is 1. The Hall–Kier alpha value is -2.34. The number of amides is 1. The highest BCUT2D eigenvalue weighted by molar-refractivity contribution is 6.42. The molecule has 0 aliphatic rings. The third-order valence-corrected chi connectivity index (χ3v) is 5.30. The van der Waals surface area contributed by atoms with E-state index in [-0.39, 0.29) is 12.5 Å². The van der Waals surface area contributed by atoms with Crippen LogP contribution in [0.15, 0.2) is 48.5 Å². The van der Waals surface area contributed by atoms with Gasteiger partial charge in [-0.3, -0.25) is 9.69 Å². The molecule has 1 N–H and O–H groups in total. The fraction of sp³-hybridized carbons (Fsp3) is 0.238. The lowest BCUT2D eigenvalue weighted by Gasteiger charge is -2.17. The van der Waals surface area contributed by atoms with Crippen molar-refractivity contribution in [2.24, 2.45) is 0 Å². The molecule has 3 aromatic rings. The highest BCUT2D eigenvalue weighted by atomic mass is 35.5. The van der Waals surface area contributed by atoms with Crippen molar-refractivity contribution >= 4 is 34.8 Å². The highest BCUT2D eigenvalue weighted by Crippen LogP contribution is 2.26. The molecule has 0 unspecified atom stereocenters. The van der Waals surface area contributed by atoms with Crippen molar-refractivity contribution in [2.45, 2.75) is 20.4 Å². The van der Waals surface area contributed by atoms with Gasteiger partial charge >= 0.3 is 0 Å². The SMILES string of the molecule is Cc1nn(-c2ccccc2)c(C)c1NC(=O)CN(C)Cc1cccc(Cl)c1Cl. The quantitative estimate of drug-likeness (QED) is 0.623. The second-order valence-corrected chi connectivity index (χ2v) is 7.51. The predicted octanol–water partition coefficient (Wildman–Crippen LogP) is 4.87. The molecule has 3 rings (SSSR count). The molecule has 0 spiro atoms. The van der Waals surface area contributed by atoms with Crippen LogP contribution >= 0.6 is 23.2 Å². The second-order valence-electron chi connectivity index (χ2n) is 6.73. The normalized spacial score (nSPS) is 11.1. The van der Waals surface area contributed by atoms with Gasteiger partial charge in [-0.2, -0.15) is 5.10 Å². The fourth-order valence-corrected chi connectivity index (χ4v) is 3.47. The first-order chi connectivity index (χ1) is 13.4. The number of para-hydroxylation sites is 1. The molecular weight excluding hydrogens is 395 g/mol. The van der Waals surface area contributed by atoms with Crippen molar-refractivity contribution in [2.75, 3.05) is 18.9 Å². The van der Waals surface area contributed by atoms with E-state index in [0.717, 1.165) is 28.3 Å². The number of aryl methyl sites for hydroxylation is 1. The van der Waals surface area contributed by atoms with Gasteiger partial charge in [-0.1, -0.05) is 53.5 Å². The molecule has 7 heteroatoms. The minimum absolute atomic E-state index is 0.112. The van der Waals surface area contributed by atoms with Crippen LogP contribution in [0.4, 0.5) is 5.69 Å². The van der Waals surface area contributed by atoms with Gasteiger partial charge in [0.15, 0.2) is 0 Å². The van der Waals surface area contributed by atoms with Gasteiger partial charge in [-0.15, -0.1) is 0 Å². The first kappa shape index (κ1) is 20.4. The summed E-state index contributed by atoms with van der Waals surface area (Å²) in [6.45, 7) is 4.57. The Bertz CT molecular complexity index is 986. The van der Waals surface area contributed by atoms with E-state index in [4.69, 9.17) is 23.2 Å². The van der Waals surface area contributed by atoms with Crippen LogP contribution in [-0.2, 0) is 11.3 Å². The van der Waals surface area contributed by atoms with Crippen LogP contribution in [0.3, 0.4) is 0 Å². The molecule has 0 fully saturated rings. The lowest BCUT2D eigenvalue weighted by Crippen LogP contribution is -2.30. The van der Waals surface area contributed by atoms with Crippen LogP contribution in [0.1, 0.15) is 17.0 Å². The van der Waals surface area contributed by atoms with E-state index in [2.05, 4.69) is 10.4 Å². The van der Waals surface area contributed by atoms with Gasteiger partial charge in [0.05, 0.1) is 39.4 Å². The summed E-state index contributed by atoms with van der Waals surface area (Å²) >= 11 is 12.3. The van der Waals surface area contributed by atoms with Gasteiger partial charge in [-0.25, -0.2) is 4.68 Å². The number of likely N-dealkylation sites (N-methyl/N-ethyl adjacent to an activating group) is 1. The van der Waals surface area contributed by atoms with Crippen LogP contribution in [0, 0.1) is 13.8 Å². The van der Waals surface area contributed by atoms with Gasteiger partial charge < -0.3 is 5.32 Å². The minimum atomic E-state index is -0.112. The number of halogens is 2. The monoisotopic (exact) mass is 416 g/mol. The van der Waals surface area contributed by atoms with E-state index in [0.29, 0.717) is 16.6 Å². The summed E-state index contributed by atoms with van der Waals surface area (Å²) in [5, 5.41) is 8.58. The van der Waals surface area contributed by atoms with Crippen molar-refractivity contribution in [3.8, 4) is 5.69 Å². The average Bonchev–Trinajstić information content (AvgIpc) is 2.94. The molecule has 1 aromatic heterocycles. The maximum absolute atomic E-state index is 12.6. The smallest absolute Gasteiger partial charge is 0.238 e. The number of benzene rings is 2. The summed E-state index contributed by atoms with van der Waals surface area (Å²) in [6, 6.07) is 15.3. The third kappa shape index (κ3) is 4.55. The lowest BCUT2D eigenvalue weighted by atomic mass is 10.2. The molecule has 0 atom stereocenters.